The third kappa shape index (κ3) is 10.6. The SMILES string of the molecule is CC(C)(C)OC(=O)NCC(=O)OC[C@H]1Cc2cccc(Oc3cccc(OS(=O)(=O)CCCC(F)(F)F)c3)c2C1. The van der Waals surface area contributed by atoms with Crippen LogP contribution < -0.4 is 14.2 Å². The fourth-order valence-corrected chi connectivity index (χ4v) is 4.97. The van der Waals surface area contributed by atoms with Crippen molar-refractivity contribution in [2.45, 2.75) is 58.2 Å². The normalized spacial score (nSPS) is 15.2. The van der Waals surface area contributed by atoms with Gasteiger partial charge in [0.05, 0.1) is 12.4 Å². The molecule has 0 fully saturated rings. The third-order valence-corrected chi connectivity index (χ3v) is 6.83. The second-order valence-electron chi connectivity index (χ2n) is 10.3. The van der Waals surface area contributed by atoms with Crippen LogP contribution in [0.3, 0.4) is 0 Å². The van der Waals surface area contributed by atoms with Crippen molar-refractivity contribution in [2.75, 3.05) is 18.9 Å². The number of alkyl halides is 3. The Hall–Kier alpha value is -3.48. The summed E-state index contributed by atoms with van der Waals surface area (Å²) in [6, 6.07) is 11.3. The summed E-state index contributed by atoms with van der Waals surface area (Å²) >= 11 is 0. The number of hydrogen-bond donors (Lipinski definition) is 1. The number of ether oxygens (including phenoxy) is 3. The minimum absolute atomic E-state index is 0.0123. The lowest BCUT2D eigenvalue weighted by Gasteiger charge is -2.19. The molecule has 13 heteroatoms. The van der Waals surface area contributed by atoms with Crippen LogP contribution >= 0.6 is 0 Å². The van der Waals surface area contributed by atoms with Gasteiger partial charge in [0.2, 0.25) is 0 Å². The zero-order valence-electron chi connectivity index (χ0n) is 22.4. The number of rotatable bonds is 11. The fraction of sp³-hybridized carbons (Fsp3) is 0.481. The van der Waals surface area contributed by atoms with Crippen LogP contribution in [-0.4, -0.2) is 51.2 Å². The van der Waals surface area contributed by atoms with Crippen LogP contribution in [0.1, 0.15) is 44.7 Å². The average molecular weight is 588 g/mol. The Morgan fingerprint density at radius 3 is 2.42 bits per heavy atom. The predicted molar refractivity (Wildman–Crippen MR) is 139 cm³/mol. The summed E-state index contributed by atoms with van der Waals surface area (Å²) in [7, 11) is -4.22. The Morgan fingerprint density at radius 1 is 1.02 bits per heavy atom. The molecule has 3 rings (SSSR count). The average Bonchev–Trinajstić information content (AvgIpc) is 3.23. The molecule has 2 aromatic rings. The van der Waals surface area contributed by atoms with Crippen LogP contribution in [-0.2, 0) is 37.2 Å². The highest BCUT2D eigenvalue weighted by atomic mass is 32.2. The zero-order chi connectivity index (χ0) is 29.6. The van der Waals surface area contributed by atoms with E-state index in [1.807, 2.05) is 6.07 Å². The molecule has 1 N–H and O–H groups in total. The molecule has 2 aromatic carbocycles. The lowest BCUT2D eigenvalue weighted by molar-refractivity contribution is -0.143. The highest BCUT2D eigenvalue weighted by Gasteiger charge is 2.28. The molecular weight excluding hydrogens is 555 g/mol. The fourth-order valence-electron chi connectivity index (χ4n) is 3.99. The monoisotopic (exact) mass is 587 g/mol. The predicted octanol–water partition coefficient (Wildman–Crippen LogP) is 5.31. The Morgan fingerprint density at radius 2 is 1.73 bits per heavy atom. The highest BCUT2D eigenvalue weighted by Crippen LogP contribution is 2.37. The molecule has 0 aliphatic heterocycles. The van der Waals surface area contributed by atoms with Gasteiger partial charge in [-0.25, -0.2) is 4.79 Å². The van der Waals surface area contributed by atoms with Crippen molar-refractivity contribution in [1.82, 2.24) is 5.32 Å². The number of hydrogen-bond acceptors (Lipinski definition) is 8. The zero-order valence-corrected chi connectivity index (χ0v) is 23.2. The molecule has 0 saturated carbocycles. The number of carbonyl (C=O) groups excluding carboxylic acids is 2. The van der Waals surface area contributed by atoms with Crippen molar-refractivity contribution in [3.63, 3.8) is 0 Å². The smallest absolute Gasteiger partial charge is 0.408 e. The summed E-state index contributed by atoms with van der Waals surface area (Å²) < 4.78 is 82.5. The Balaban J connectivity index is 1.53. The molecule has 9 nitrogen and oxygen atoms in total. The number of alkyl carbamates (subject to hydrolysis) is 1. The van der Waals surface area contributed by atoms with Crippen LogP contribution in [0.2, 0.25) is 0 Å². The summed E-state index contributed by atoms with van der Waals surface area (Å²) in [5, 5.41) is 2.35. The van der Waals surface area contributed by atoms with Gasteiger partial charge in [-0.3, -0.25) is 4.79 Å². The quantitative estimate of drug-likeness (QED) is 0.278. The van der Waals surface area contributed by atoms with Gasteiger partial charge in [-0.2, -0.15) is 21.6 Å². The van der Waals surface area contributed by atoms with Crippen molar-refractivity contribution < 1.29 is 49.6 Å². The second kappa shape index (κ2) is 12.8. The first-order valence-corrected chi connectivity index (χ1v) is 14.2. The summed E-state index contributed by atoms with van der Waals surface area (Å²) in [5.74, 6) is -0.651. The van der Waals surface area contributed by atoms with E-state index in [-0.39, 0.29) is 30.6 Å². The van der Waals surface area contributed by atoms with E-state index >= 15 is 0 Å². The number of carbonyl (C=O) groups is 2. The molecule has 1 aliphatic rings. The van der Waals surface area contributed by atoms with Crippen LogP contribution in [0.25, 0.3) is 0 Å². The molecule has 1 aliphatic carbocycles. The van der Waals surface area contributed by atoms with Gasteiger partial charge < -0.3 is 23.7 Å². The van der Waals surface area contributed by atoms with E-state index in [1.54, 1.807) is 39.0 Å². The molecule has 220 valence electrons. The molecule has 0 spiro atoms. The topological polar surface area (TPSA) is 117 Å². The van der Waals surface area contributed by atoms with Crippen molar-refractivity contribution in [2.24, 2.45) is 5.92 Å². The first-order valence-electron chi connectivity index (χ1n) is 12.6. The molecule has 0 saturated heterocycles. The van der Waals surface area contributed by atoms with Gasteiger partial charge in [-0.15, -0.1) is 0 Å². The summed E-state index contributed by atoms with van der Waals surface area (Å²) in [5.41, 5.74) is 1.22. The molecule has 0 aromatic heterocycles. The Kier molecular flexibility index (Phi) is 9.93. The minimum Gasteiger partial charge on any atom is -0.464 e. The van der Waals surface area contributed by atoms with Gasteiger partial charge in [-0.05, 0) is 69.4 Å². The van der Waals surface area contributed by atoms with Crippen molar-refractivity contribution in [3.05, 3.63) is 53.6 Å². The number of nitrogens with one attached hydrogen (secondary N) is 1. The number of benzene rings is 2. The molecule has 0 unspecified atom stereocenters. The minimum atomic E-state index is -4.45. The van der Waals surface area contributed by atoms with Crippen LogP contribution in [0.5, 0.6) is 17.2 Å². The number of esters is 1. The van der Waals surface area contributed by atoms with Crippen LogP contribution in [0.4, 0.5) is 18.0 Å². The third-order valence-electron chi connectivity index (χ3n) is 5.60. The van der Waals surface area contributed by atoms with E-state index in [2.05, 4.69) is 5.32 Å². The maximum atomic E-state index is 12.3. The van der Waals surface area contributed by atoms with Crippen molar-refractivity contribution >= 4 is 22.2 Å². The first-order chi connectivity index (χ1) is 18.6. The van der Waals surface area contributed by atoms with Crippen LogP contribution in [0, 0.1) is 5.92 Å². The van der Waals surface area contributed by atoms with Crippen LogP contribution in [0.15, 0.2) is 42.5 Å². The molecular formula is C27H32F3NO8S. The summed E-state index contributed by atoms with van der Waals surface area (Å²) in [6.07, 6.45) is -5.79. The van der Waals surface area contributed by atoms with Crippen molar-refractivity contribution in [3.8, 4) is 17.2 Å². The summed E-state index contributed by atoms with van der Waals surface area (Å²) in [6.45, 7) is 4.95. The van der Waals surface area contributed by atoms with E-state index < -0.39 is 52.6 Å². The molecule has 0 heterocycles. The van der Waals surface area contributed by atoms with Gasteiger partial charge in [0.15, 0.2) is 0 Å². The Bertz CT molecular complexity index is 1310. The molecule has 0 radical (unpaired) electrons. The van der Waals surface area contributed by atoms with E-state index in [9.17, 15) is 31.2 Å². The number of fused-ring (bicyclic) bond motifs is 1. The largest absolute Gasteiger partial charge is 0.464 e. The molecule has 0 bridgehead atoms. The van der Waals surface area contributed by atoms with E-state index in [1.165, 1.54) is 18.2 Å². The van der Waals surface area contributed by atoms with E-state index in [0.717, 1.165) is 11.1 Å². The maximum Gasteiger partial charge on any atom is 0.408 e. The van der Waals surface area contributed by atoms with Gasteiger partial charge in [0, 0.05) is 18.4 Å². The van der Waals surface area contributed by atoms with Gasteiger partial charge >= 0.3 is 28.4 Å². The molecule has 1 amide bonds. The lowest BCUT2D eigenvalue weighted by atomic mass is 10.1. The molecule has 1 atom stereocenters. The van der Waals surface area contributed by atoms with Crippen molar-refractivity contribution in [1.29, 1.82) is 0 Å². The second-order valence-corrected chi connectivity index (χ2v) is 12.0. The van der Waals surface area contributed by atoms with Gasteiger partial charge in [0.1, 0.15) is 29.4 Å². The Labute approximate surface area is 231 Å². The van der Waals surface area contributed by atoms with E-state index in [4.69, 9.17) is 18.4 Å². The van der Waals surface area contributed by atoms with Gasteiger partial charge in [0.25, 0.3) is 0 Å². The summed E-state index contributed by atoms with van der Waals surface area (Å²) in [4.78, 5) is 23.8. The number of halogens is 3. The highest BCUT2D eigenvalue weighted by molar-refractivity contribution is 7.87. The van der Waals surface area contributed by atoms with Gasteiger partial charge in [-0.1, -0.05) is 18.2 Å². The first kappa shape index (κ1) is 31.1. The molecule has 40 heavy (non-hydrogen) atoms. The standard InChI is InChI=1S/C27H32F3NO8S/c1-26(2,3)38-25(33)31-16-24(32)36-17-18-13-19-7-4-10-23(22(19)14-18)37-20-8-5-9-21(15-20)39-40(34,35)12-6-11-27(28,29)30/h4-5,7-10,15,18H,6,11-14,16-17H2,1-3H3,(H,31,33)/t18-/m0/s1. The van der Waals surface area contributed by atoms with E-state index in [0.29, 0.717) is 18.6 Å². The number of amides is 1. The lowest BCUT2D eigenvalue weighted by Crippen LogP contribution is -2.36. The maximum absolute atomic E-state index is 12.3.